The standard InChI is InChI=1S/2C15H11.C2H6Si.2ClH.Zr/c2*1-2-6-12(7-3-1)15-10-13-8-4-5-9-14(13)11-15;1-3-2;;;/h2*1-11H;1-2H3;2*1H;/q2*-1;;;;+4/p-2. The molecule has 0 aliphatic carbocycles. The number of fused-ring (bicyclic) bond motifs is 2. The van der Waals surface area contributed by atoms with Gasteiger partial charge in [-0.3, -0.25) is 0 Å². The van der Waals surface area contributed by atoms with Gasteiger partial charge in [-0.25, -0.2) is 0 Å². The fraction of sp³-hybridized carbons (Fsp3) is 0.0625. The molecular formula is C32H28Cl2SiZr. The van der Waals surface area contributed by atoms with Crippen LogP contribution in [0.3, 0.4) is 0 Å². The van der Waals surface area contributed by atoms with Gasteiger partial charge in [-0.1, -0.05) is 121 Å². The fourth-order valence-electron chi connectivity index (χ4n) is 3.90. The Balaban J connectivity index is 0.000000302. The summed E-state index contributed by atoms with van der Waals surface area (Å²) in [5.41, 5.74) is 5.18. The number of benzene rings is 4. The van der Waals surface area contributed by atoms with Crippen LogP contribution in [-0.2, 0) is 26.2 Å². The van der Waals surface area contributed by atoms with Gasteiger partial charge in [-0.15, -0.1) is 69.1 Å². The smallest absolute Gasteiger partial charge is 1.00 e. The molecule has 36 heavy (non-hydrogen) atoms. The van der Waals surface area contributed by atoms with Crippen molar-refractivity contribution >= 4 is 31.1 Å². The third-order valence-electron chi connectivity index (χ3n) is 5.45. The zero-order valence-corrected chi connectivity index (χ0v) is 25.4. The van der Waals surface area contributed by atoms with Crippen LogP contribution < -0.4 is 24.8 Å². The Morgan fingerprint density at radius 2 is 0.778 bits per heavy atom. The SMILES string of the molecule is C[Si]C.[Cl-].[Cl-].[Zr+4].c1ccc(-c2cc3ccccc3[cH-]2)cc1.c1ccc(-c2cc3ccccc3[cH-]2)cc1. The van der Waals surface area contributed by atoms with E-state index in [-0.39, 0.29) is 51.0 Å². The van der Waals surface area contributed by atoms with Gasteiger partial charge in [0.15, 0.2) is 0 Å². The molecule has 6 aromatic rings. The van der Waals surface area contributed by atoms with Crippen LogP contribution >= 0.6 is 0 Å². The van der Waals surface area contributed by atoms with Crippen LogP contribution in [-0.4, -0.2) is 9.52 Å². The van der Waals surface area contributed by atoms with E-state index < -0.39 is 0 Å². The van der Waals surface area contributed by atoms with Gasteiger partial charge < -0.3 is 24.8 Å². The van der Waals surface area contributed by atoms with Gasteiger partial charge in [0.2, 0.25) is 0 Å². The van der Waals surface area contributed by atoms with E-state index in [1.54, 1.807) is 0 Å². The summed E-state index contributed by atoms with van der Waals surface area (Å²) in [4.78, 5) is 0. The number of hydrogen-bond donors (Lipinski definition) is 0. The zero-order valence-electron chi connectivity index (χ0n) is 20.5. The predicted octanol–water partition coefficient (Wildman–Crippen LogP) is 3.24. The van der Waals surface area contributed by atoms with Crippen molar-refractivity contribution in [1.29, 1.82) is 0 Å². The molecule has 0 saturated carbocycles. The van der Waals surface area contributed by atoms with Gasteiger partial charge in [0.25, 0.3) is 0 Å². The minimum Gasteiger partial charge on any atom is -1.00 e. The maximum Gasteiger partial charge on any atom is 4.00 e. The van der Waals surface area contributed by atoms with E-state index >= 15 is 0 Å². The van der Waals surface area contributed by atoms with E-state index in [0.29, 0.717) is 0 Å². The van der Waals surface area contributed by atoms with Crippen molar-refractivity contribution in [2.75, 3.05) is 0 Å². The van der Waals surface area contributed by atoms with E-state index in [2.05, 4.69) is 134 Å². The Hall–Kier alpha value is -2.22. The van der Waals surface area contributed by atoms with Crippen LogP contribution in [0.2, 0.25) is 13.1 Å². The van der Waals surface area contributed by atoms with Crippen molar-refractivity contribution in [2.45, 2.75) is 13.1 Å². The second-order valence-corrected chi connectivity index (χ2v) is 8.98. The Morgan fingerprint density at radius 1 is 0.472 bits per heavy atom. The van der Waals surface area contributed by atoms with E-state index in [9.17, 15) is 0 Å². The van der Waals surface area contributed by atoms with Gasteiger partial charge in [-0.2, -0.15) is 0 Å². The Bertz CT molecular complexity index is 1230. The van der Waals surface area contributed by atoms with Crippen molar-refractivity contribution in [2.24, 2.45) is 0 Å². The molecule has 6 aromatic carbocycles. The maximum atomic E-state index is 2.24. The van der Waals surface area contributed by atoms with Gasteiger partial charge in [-0.05, 0) is 0 Å². The topological polar surface area (TPSA) is 0 Å². The zero-order chi connectivity index (χ0) is 22.9. The molecule has 0 heterocycles. The first kappa shape index (κ1) is 31.8. The molecule has 4 heteroatoms. The van der Waals surface area contributed by atoms with E-state index in [0.717, 1.165) is 9.52 Å². The maximum absolute atomic E-state index is 2.24. The molecule has 0 fully saturated rings. The molecule has 6 rings (SSSR count). The second kappa shape index (κ2) is 16.5. The van der Waals surface area contributed by atoms with Crippen LogP contribution in [0.5, 0.6) is 0 Å². The van der Waals surface area contributed by atoms with E-state index in [4.69, 9.17) is 0 Å². The molecular weight excluding hydrogens is 575 g/mol. The Labute approximate surface area is 249 Å². The molecule has 178 valence electrons. The summed E-state index contributed by atoms with van der Waals surface area (Å²) in [7, 11) is 1.08. The van der Waals surface area contributed by atoms with Crippen molar-refractivity contribution in [3.8, 4) is 22.3 Å². The minimum absolute atomic E-state index is 0. The van der Waals surface area contributed by atoms with Crippen LogP contribution in [0.4, 0.5) is 0 Å². The molecule has 0 aliphatic heterocycles. The van der Waals surface area contributed by atoms with Crippen molar-refractivity contribution in [3.05, 3.63) is 133 Å². The summed E-state index contributed by atoms with van der Waals surface area (Å²) in [5.74, 6) is 0. The van der Waals surface area contributed by atoms with E-state index in [1.165, 1.54) is 43.8 Å². The third kappa shape index (κ3) is 8.43. The van der Waals surface area contributed by atoms with Crippen molar-refractivity contribution in [3.63, 3.8) is 0 Å². The molecule has 0 amide bonds. The largest absolute Gasteiger partial charge is 4.00 e. The van der Waals surface area contributed by atoms with Crippen molar-refractivity contribution < 1.29 is 51.0 Å². The molecule has 0 nitrogen and oxygen atoms in total. The number of rotatable bonds is 2. The van der Waals surface area contributed by atoms with Crippen LogP contribution in [0.25, 0.3) is 43.8 Å². The molecule has 0 saturated heterocycles. The Kier molecular flexibility index (Phi) is 14.6. The van der Waals surface area contributed by atoms with Crippen molar-refractivity contribution in [1.82, 2.24) is 0 Å². The molecule has 0 atom stereocenters. The molecule has 0 aliphatic rings. The predicted molar refractivity (Wildman–Crippen MR) is 147 cm³/mol. The van der Waals surface area contributed by atoms with Gasteiger partial charge in [0.05, 0.1) is 0 Å². The van der Waals surface area contributed by atoms with Crippen LogP contribution in [0.15, 0.2) is 133 Å². The Morgan fingerprint density at radius 3 is 1.11 bits per heavy atom. The number of halogens is 2. The summed E-state index contributed by atoms with van der Waals surface area (Å²) in [6.45, 7) is 4.31. The van der Waals surface area contributed by atoms with Crippen LogP contribution in [0.1, 0.15) is 0 Å². The summed E-state index contributed by atoms with van der Waals surface area (Å²) in [5, 5.41) is 5.26. The molecule has 0 aromatic heterocycles. The summed E-state index contributed by atoms with van der Waals surface area (Å²) in [6.07, 6.45) is 0. The van der Waals surface area contributed by atoms with Gasteiger partial charge in [0, 0.05) is 9.52 Å². The molecule has 0 unspecified atom stereocenters. The molecule has 0 bridgehead atoms. The van der Waals surface area contributed by atoms with Crippen LogP contribution in [0, 0.1) is 0 Å². The quantitative estimate of drug-likeness (QED) is 0.211. The summed E-state index contributed by atoms with van der Waals surface area (Å²) in [6, 6.07) is 46.9. The first-order valence-corrected chi connectivity index (χ1v) is 13.3. The van der Waals surface area contributed by atoms with E-state index in [1.807, 2.05) is 12.1 Å². The average molecular weight is 603 g/mol. The molecule has 0 N–H and O–H groups in total. The second-order valence-electron chi connectivity index (χ2n) is 7.98. The summed E-state index contributed by atoms with van der Waals surface area (Å²) >= 11 is 0. The first-order chi connectivity index (χ1) is 16.3. The van der Waals surface area contributed by atoms with Gasteiger partial charge >= 0.3 is 26.2 Å². The van der Waals surface area contributed by atoms with Gasteiger partial charge in [0.1, 0.15) is 0 Å². The molecule has 0 spiro atoms. The number of hydrogen-bond acceptors (Lipinski definition) is 0. The normalized spacial score (nSPS) is 9.39. The average Bonchev–Trinajstić information content (AvgIpc) is 3.51. The molecule has 2 radical (unpaired) electrons. The third-order valence-corrected chi connectivity index (χ3v) is 5.45. The first-order valence-electron chi connectivity index (χ1n) is 11.3. The minimum atomic E-state index is 0. The fourth-order valence-corrected chi connectivity index (χ4v) is 3.90. The summed E-state index contributed by atoms with van der Waals surface area (Å²) < 4.78 is 0. The monoisotopic (exact) mass is 600 g/mol.